The molecule has 25 heavy (non-hydrogen) atoms. The molecule has 2 aromatic heterocycles. The van der Waals surface area contributed by atoms with E-state index in [-0.39, 0.29) is 11.9 Å². The summed E-state index contributed by atoms with van der Waals surface area (Å²) in [5, 5.41) is 7.21. The lowest BCUT2D eigenvalue weighted by atomic mass is 10.0. The lowest BCUT2D eigenvalue weighted by Gasteiger charge is -2.26. The Labute approximate surface area is 149 Å². The number of hydrogen-bond acceptors (Lipinski definition) is 4. The van der Waals surface area contributed by atoms with Gasteiger partial charge in [-0.1, -0.05) is 0 Å². The SMILES string of the molecule is Cc1n[nH]c(C)c1CCC(=O)N1CCC[C@@H]1c1ccnc(N(C)C)c1. The number of likely N-dealkylation sites (tertiary alicyclic amines) is 1. The molecular formula is C19H27N5O. The number of H-pyrrole nitrogens is 1. The molecule has 0 radical (unpaired) electrons. The van der Waals surface area contributed by atoms with Crippen molar-refractivity contribution in [2.24, 2.45) is 0 Å². The van der Waals surface area contributed by atoms with Crippen molar-refractivity contribution < 1.29 is 4.79 Å². The summed E-state index contributed by atoms with van der Waals surface area (Å²) in [7, 11) is 3.97. The molecule has 1 atom stereocenters. The molecule has 0 bridgehead atoms. The van der Waals surface area contributed by atoms with Crippen molar-refractivity contribution in [3.05, 3.63) is 40.8 Å². The molecule has 3 heterocycles. The fourth-order valence-electron chi connectivity index (χ4n) is 3.62. The Morgan fingerprint density at radius 1 is 1.40 bits per heavy atom. The molecule has 1 aliphatic rings. The first-order valence-corrected chi connectivity index (χ1v) is 8.90. The summed E-state index contributed by atoms with van der Waals surface area (Å²) < 4.78 is 0. The maximum Gasteiger partial charge on any atom is 0.223 e. The second kappa shape index (κ2) is 7.25. The molecule has 0 aliphatic carbocycles. The van der Waals surface area contributed by atoms with Crippen molar-refractivity contribution in [2.45, 2.75) is 45.6 Å². The fourth-order valence-corrected chi connectivity index (χ4v) is 3.62. The summed E-state index contributed by atoms with van der Waals surface area (Å²) in [4.78, 5) is 21.3. The van der Waals surface area contributed by atoms with Gasteiger partial charge < -0.3 is 9.80 Å². The van der Waals surface area contributed by atoms with E-state index in [1.54, 1.807) is 0 Å². The van der Waals surface area contributed by atoms with Crippen LogP contribution in [0.25, 0.3) is 0 Å². The third-order valence-corrected chi connectivity index (χ3v) is 5.06. The minimum atomic E-state index is 0.167. The molecule has 6 heteroatoms. The molecule has 1 fully saturated rings. The summed E-state index contributed by atoms with van der Waals surface area (Å²) in [5.74, 6) is 1.16. The Kier molecular flexibility index (Phi) is 5.06. The van der Waals surface area contributed by atoms with Gasteiger partial charge in [0.25, 0.3) is 0 Å². The largest absolute Gasteiger partial charge is 0.363 e. The van der Waals surface area contributed by atoms with Gasteiger partial charge in [0.2, 0.25) is 5.91 Å². The third-order valence-electron chi connectivity index (χ3n) is 5.06. The average Bonchev–Trinajstić information content (AvgIpc) is 3.20. The second-order valence-electron chi connectivity index (χ2n) is 7.00. The number of carbonyl (C=O) groups is 1. The summed E-state index contributed by atoms with van der Waals surface area (Å²) in [6, 6.07) is 4.30. The highest BCUT2D eigenvalue weighted by atomic mass is 16.2. The van der Waals surface area contributed by atoms with Gasteiger partial charge in [0.15, 0.2) is 0 Å². The monoisotopic (exact) mass is 341 g/mol. The Hall–Kier alpha value is -2.37. The maximum absolute atomic E-state index is 12.8. The van der Waals surface area contributed by atoms with Crippen molar-refractivity contribution in [3.8, 4) is 0 Å². The maximum atomic E-state index is 12.8. The van der Waals surface area contributed by atoms with Crippen molar-refractivity contribution in [2.75, 3.05) is 25.5 Å². The number of aromatic amines is 1. The Morgan fingerprint density at radius 3 is 2.88 bits per heavy atom. The van der Waals surface area contributed by atoms with Gasteiger partial charge in [-0.25, -0.2) is 4.98 Å². The van der Waals surface area contributed by atoms with Crippen molar-refractivity contribution in [3.63, 3.8) is 0 Å². The van der Waals surface area contributed by atoms with Gasteiger partial charge in [-0.15, -0.1) is 0 Å². The van der Waals surface area contributed by atoms with Crippen LogP contribution in [0.3, 0.4) is 0 Å². The first kappa shape index (κ1) is 17.5. The van der Waals surface area contributed by atoms with Gasteiger partial charge in [0.05, 0.1) is 11.7 Å². The highest BCUT2D eigenvalue weighted by Gasteiger charge is 2.30. The predicted molar refractivity (Wildman–Crippen MR) is 98.6 cm³/mol. The molecule has 1 saturated heterocycles. The Bertz CT molecular complexity index is 733. The van der Waals surface area contributed by atoms with Gasteiger partial charge in [0, 0.05) is 39.0 Å². The predicted octanol–water partition coefficient (Wildman–Crippen LogP) is 2.78. The van der Waals surface area contributed by atoms with Gasteiger partial charge in [-0.05, 0) is 56.4 Å². The van der Waals surface area contributed by atoms with Crippen LogP contribution in [-0.2, 0) is 11.2 Å². The van der Waals surface area contributed by atoms with E-state index in [1.807, 2.05) is 50.0 Å². The molecule has 1 N–H and O–H groups in total. The van der Waals surface area contributed by atoms with E-state index in [1.165, 1.54) is 11.1 Å². The molecule has 1 amide bonds. The Morgan fingerprint density at radius 2 is 2.20 bits per heavy atom. The summed E-state index contributed by atoms with van der Waals surface area (Å²) in [6.45, 7) is 4.84. The highest BCUT2D eigenvalue weighted by molar-refractivity contribution is 5.77. The molecule has 0 saturated carbocycles. The van der Waals surface area contributed by atoms with Crippen molar-refractivity contribution in [1.82, 2.24) is 20.1 Å². The molecule has 0 unspecified atom stereocenters. The van der Waals surface area contributed by atoms with Crippen LogP contribution in [0.2, 0.25) is 0 Å². The zero-order valence-corrected chi connectivity index (χ0v) is 15.5. The van der Waals surface area contributed by atoms with Gasteiger partial charge >= 0.3 is 0 Å². The molecular weight excluding hydrogens is 314 g/mol. The minimum Gasteiger partial charge on any atom is -0.363 e. The van der Waals surface area contributed by atoms with Crippen LogP contribution in [-0.4, -0.2) is 46.6 Å². The summed E-state index contributed by atoms with van der Waals surface area (Å²) in [5.41, 5.74) is 4.41. The molecule has 2 aromatic rings. The van der Waals surface area contributed by atoms with Crippen LogP contribution in [0.4, 0.5) is 5.82 Å². The van der Waals surface area contributed by atoms with E-state index >= 15 is 0 Å². The number of amides is 1. The first-order chi connectivity index (χ1) is 12.0. The number of nitrogens with zero attached hydrogens (tertiary/aromatic N) is 4. The summed E-state index contributed by atoms with van der Waals surface area (Å²) >= 11 is 0. The van der Waals surface area contributed by atoms with Crippen LogP contribution in [0, 0.1) is 13.8 Å². The third kappa shape index (κ3) is 3.67. The van der Waals surface area contributed by atoms with Crippen LogP contribution in [0.5, 0.6) is 0 Å². The molecule has 1 aliphatic heterocycles. The van der Waals surface area contributed by atoms with Crippen LogP contribution in [0.1, 0.15) is 47.8 Å². The van der Waals surface area contributed by atoms with Gasteiger partial charge in [-0.2, -0.15) is 5.10 Å². The lowest BCUT2D eigenvalue weighted by molar-refractivity contribution is -0.132. The van der Waals surface area contributed by atoms with E-state index in [0.29, 0.717) is 6.42 Å². The molecule has 0 aromatic carbocycles. The fraction of sp³-hybridized carbons (Fsp3) is 0.526. The quantitative estimate of drug-likeness (QED) is 0.908. The first-order valence-electron chi connectivity index (χ1n) is 8.90. The summed E-state index contributed by atoms with van der Waals surface area (Å²) in [6.07, 6.45) is 5.19. The van der Waals surface area contributed by atoms with E-state index < -0.39 is 0 Å². The molecule has 3 rings (SSSR count). The van der Waals surface area contributed by atoms with Gasteiger partial charge in [-0.3, -0.25) is 9.89 Å². The molecule has 0 spiro atoms. The van der Waals surface area contributed by atoms with Gasteiger partial charge in [0.1, 0.15) is 5.82 Å². The van der Waals surface area contributed by atoms with E-state index in [9.17, 15) is 4.79 Å². The van der Waals surface area contributed by atoms with Crippen LogP contribution >= 0.6 is 0 Å². The smallest absolute Gasteiger partial charge is 0.223 e. The van der Waals surface area contributed by atoms with Crippen molar-refractivity contribution in [1.29, 1.82) is 0 Å². The molecule has 134 valence electrons. The minimum absolute atomic E-state index is 0.167. The van der Waals surface area contributed by atoms with Crippen LogP contribution in [0.15, 0.2) is 18.3 Å². The zero-order valence-electron chi connectivity index (χ0n) is 15.5. The normalized spacial score (nSPS) is 17.1. The van der Waals surface area contributed by atoms with Crippen molar-refractivity contribution >= 4 is 11.7 Å². The van der Waals surface area contributed by atoms with Crippen LogP contribution < -0.4 is 4.90 Å². The van der Waals surface area contributed by atoms with E-state index in [0.717, 1.165) is 43.0 Å². The highest BCUT2D eigenvalue weighted by Crippen LogP contribution is 2.33. The molecule has 6 nitrogen and oxygen atoms in total. The number of aromatic nitrogens is 3. The van der Waals surface area contributed by atoms with E-state index in [2.05, 4.69) is 21.2 Å². The standard InChI is InChI=1S/C19H27N5O/c1-13-16(14(2)22-21-13)7-8-19(25)24-11-5-6-17(24)15-9-10-20-18(12-15)23(3)4/h9-10,12,17H,5-8,11H2,1-4H3,(H,21,22)/t17-/m1/s1. The second-order valence-corrected chi connectivity index (χ2v) is 7.00. The topological polar surface area (TPSA) is 65.1 Å². The number of anilines is 1. The number of aryl methyl sites for hydroxylation is 2. The number of hydrogen-bond donors (Lipinski definition) is 1. The zero-order chi connectivity index (χ0) is 18.0. The number of pyridine rings is 1. The number of rotatable bonds is 5. The number of nitrogens with one attached hydrogen (secondary N) is 1. The Balaban J connectivity index is 1.71. The average molecular weight is 341 g/mol. The lowest BCUT2D eigenvalue weighted by Crippen LogP contribution is -2.31. The van der Waals surface area contributed by atoms with E-state index in [4.69, 9.17) is 0 Å². The number of carbonyl (C=O) groups excluding carboxylic acids is 1.